The second kappa shape index (κ2) is 9.22. The predicted molar refractivity (Wildman–Crippen MR) is 80.0 cm³/mol. The number of carbonyl (C=O) groups is 2. The third-order valence-electron chi connectivity index (χ3n) is 2.65. The summed E-state index contributed by atoms with van der Waals surface area (Å²) in [6, 6.07) is 3.09. The van der Waals surface area contributed by atoms with E-state index in [0.29, 0.717) is 5.56 Å². The molecule has 1 aromatic rings. The van der Waals surface area contributed by atoms with Crippen LogP contribution in [0.5, 0.6) is 11.5 Å². The van der Waals surface area contributed by atoms with Crippen molar-refractivity contribution in [1.29, 1.82) is 0 Å². The van der Waals surface area contributed by atoms with Gasteiger partial charge in [-0.3, -0.25) is 4.79 Å². The van der Waals surface area contributed by atoms with Crippen LogP contribution in [-0.4, -0.2) is 31.8 Å². The zero-order valence-electron chi connectivity index (χ0n) is 12.5. The van der Waals surface area contributed by atoms with E-state index in [-0.39, 0.29) is 30.5 Å². The van der Waals surface area contributed by atoms with Gasteiger partial charge in [-0.15, -0.1) is 12.4 Å². The lowest BCUT2D eigenvalue weighted by Crippen LogP contribution is -2.31. The average Bonchev–Trinajstić information content (AvgIpc) is 2.45. The Kier molecular flexibility index (Phi) is 8.44. The number of nitrogens with two attached hydrogens (primary N) is 1. The molecule has 124 valence electrons. The number of halogens is 2. The second-order valence-electron chi connectivity index (χ2n) is 4.18. The minimum Gasteiger partial charge on any atom is -0.493 e. The minimum absolute atomic E-state index is 0. The quantitative estimate of drug-likeness (QED) is 0.631. The van der Waals surface area contributed by atoms with Crippen molar-refractivity contribution in [2.24, 2.45) is 5.73 Å². The molecule has 0 spiro atoms. The molecule has 1 aromatic carbocycles. The van der Waals surface area contributed by atoms with Crippen molar-refractivity contribution in [2.75, 3.05) is 13.7 Å². The highest BCUT2D eigenvalue weighted by Gasteiger charge is 2.28. The molecule has 0 aliphatic carbocycles. The van der Waals surface area contributed by atoms with Crippen molar-refractivity contribution in [3.05, 3.63) is 23.8 Å². The van der Waals surface area contributed by atoms with E-state index >= 15 is 0 Å². The molecule has 1 unspecified atom stereocenters. The van der Waals surface area contributed by atoms with Gasteiger partial charge in [0.25, 0.3) is 0 Å². The van der Waals surface area contributed by atoms with Crippen LogP contribution in [0.2, 0.25) is 0 Å². The Morgan fingerprint density at radius 3 is 2.45 bits per heavy atom. The number of carbonyl (C=O) groups excluding carboxylic acids is 2. The van der Waals surface area contributed by atoms with Gasteiger partial charge in [-0.2, -0.15) is 0 Å². The van der Waals surface area contributed by atoms with E-state index < -0.39 is 24.2 Å². The van der Waals surface area contributed by atoms with E-state index in [4.69, 9.17) is 15.2 Å². The van der Waals surface area contributed by atoms with Gasteiger partial charge in [-0.1, -0.05) is 6.07 Å². The number of ether oxygens (including phenoxy) is 3. The molecule has 0 aliphatic heterocycles. The molecule has 0 saturated carbocycles. The molecule has 2 N–H and O–H groups in total. The van der Waals surface area contributed by atoms with E-state index in [1.807, 2.05) is 0 Å². The molecule has 0 saturated heterocycles. The van der Waals surface area contributed by atoms with Crippen LogP contribution in [0.25, 0.3) is 0 Å². The number of alkyl halides is 1. The van der Waals surface area contributed by atoms with Crippen LogP contribution in [0.3, 0.4) is 0 Å². The fraction of sp³-hybridized carbons (Fsp3) is 0.429. The number of benzene rings is 1. The van der Waals surface area contributed by atoms with Gasteiger partial charge in [0.2, 0.25) is 6.17 Å². The highest BCUT2D eigenvalue weighted by atomic mass is 35.5. The summed E-state index contributed by atoms with van der Waals surface area (Å²) in [6.45, 7) is 2.89. The Balaban J connectivity index is 0.00000441. The first-order valence-corrected chi connectivity index (χ1v) is 6.33. The average molecular weight is 336 g/mol. The summed E-state index contributed by atoms with van der Waals surface area (Å²) in [5.74, 6) is -1.13. The predicted octanol–water partition coefficient (Wildman–Crippen LogP) is 1.94. The van der Waals surface area contributed by atoms with Gasteiger partial charge in [0.15, 0.2) is 11.5 Å². The maximum Gasteiger partial charge on any atom is 0.342 e. The largest absolute Gasteiger partial charge is 0.493 e. The van der Waals surface area contributed by atoms with E-state index in [0.717, 1.165) is 0 Å². The van der Waals surface area contributed by atoms with Gasteiger partial charge in [0.1, 0.15) is 0 Å². The molecule has 6 nitrogen and oxygen atoms in total. The molecule has 1 rings (SSSR count). The molecule has 0 aromatic heterocycles. The standard InChI is InChI=1S/C14H18FNO5.ClH/c1-4-20-14(18)12(15)13(16)9-5-6-10(21-8(2)17)11(7-9)19-3;/h5-7,12-13H,4,16H2,1-3H3;1H/t12?,13-;/m1./s1. The van der Waals surface area contributed by atoms with Crippen LogP contribution in [0, 0.1) is 0 Å². The van der Waals surface area contributed by atoms with Crippen LogP contribution in [0.4, 0.5) is 4.39 Å². The van der Waals surface area contributed by atoms with Crippen molar-refractivity contribution in [3.8, 4) is 11.5 Å². The van der Waals surface area contributed by atoms with Crippen LogP contribution >= 0.6 is 12.4 Å². The Morgan fingerprint density at radius 1 is 1.32 bits per heavy atom. The van der Waals surface area contributed by atoms with Gasteiger partial charge >= 0.3 is 11.9 Å². The highest BCUT2D eigenvalue weighted by Crippen LogP contribution is 2.31. The van der Waals surface area contributed by atoms with Gasteiger partial charge in [0, 0.05) is 6.92 Å². The molecule has 0 amide bonds. The maximum absolute atomic E-state index is 13.9. The van der Waals surface area contributed by atoms with Crippen LogP contribution in [0.1, 0.15) is 25.5 Å². The second-order valence-corrected chi connectivity index (χ2v) is 4.18. The van der Waals surface area contributed by atoms with Gasteiger partial charge in [0.05, 0.1) is 19.8 Å². The number of methoxy groups -OCH3 is 1. The topological polar surface area (TPSA) is 87.9 Å². The van der Waals surface area contributed by atoms with Crippen LogP contribution < -0.4 is 15.2 Å². The molecule has 0 heterocycles. The van der Waals surface area contributed by atoms with Crippen molar-refractivity contribution in [1.82, 2.24) is 0 Å². The first kappa shape index (κ1) is 20.1. The summed E-state index contributed by atoms with van der Waals surface area (Å²) >= 11 is 0. The molecular formula is C14H19ClFNO5. The summed E-state index contributed by atoms with van der Waals surface area (Å²) in [5, 5.41) is 0. The van der Waals surface area contributed by atoms with Crippen molar-refractivity contribution < 1.29 is 28.2 Å². The zero-order chi connectivity index (χ0) is 16.0. The zero-order valence-corrected chi connectivity index (χ0v) is 13.3. The van der Waals surface area contributed by atoms with Gasteiger partial charge in [-0.05, 0) is 24.6 Å². The third kappa shape index (κ3) is 5.16. The summed E-state index contributed by atoms with van der Waals surface area (Å²) in [4.78, 5) is 22.3. The van der Waals surface area contributed by atoms with Crippen LogP contribution in [-0.2, 0) is 14.3 Å². The molecule has 0 aliphatic rings. The lowest BCUT2D eigenvalue weighted by atomic mass is 10.0. The molecule has 0 bridgehead atoms. The number of rotatable bonds is 6. The Labute approximate surface area is 134 Å². The molecule has 8 heteroatoms. The fourth-order valence-corrected chi connectivity index (χ4v) is 1.67. The van der Waals surface area contributed by atoms with E-state index in [1.54, 1.807) is 6.92 Å². The van der Waals surface area contributed by atoms with Crippen molar-refractivity contribution in [3.63, 3.8) is 0 Å². The van der Waals surface area contributed by atoms with Gasteiger partial charge < -0.3 is 19.9 Å². The maximum atomic E-state index is 13.9. The minimum atomic E-state index is -1.99. The number of hydrogen-bond acceptors (Lipinski definition) is 6. The molecule has 0 radical (unpaired) electrons. The summed E-state index contributed by atoms with van der Waals surface area (Å²) in [7, 11) is 1.37. The van der Waals surface area contributed by atoms with E-state index in [1.165, 1.54) is 32.2 Å². The Bertz CT molecular complexity index is 526. The fourth-order valence-electron chi connectivity index (χ4n) is 1.67. The van der Waals surface area contributed by atoms with Crippen LogP contribution in [0.15, 0.2) is 18.2 Å². The number of esters is 2. The molecule has 22 heavy (non-hydrogen) atoms. The van der Waals surface area contributed by atoms with E-state index in [2.05, 4.69) is 4.74 Å². The van der Waals surface area contributed by atoms with Crippen molar-refractivity contribution >= 4 is 24.3 Å². The summed E-state index contributed by atoms with van der Waals surface area (Å²) in [6.07, 6.45) is -1.99. The van der Waals surface area contributed by atoms with E-state index in [9.17, 15) is 14.0 Å². The third-order valence-corrected chi connectivity index (χ3v) is 2.65. The Morgan fingerprint density at radius 2 is 1.95 bits per heavy atom. The highest BCUT2D eigenvalue weighted by molar-refractivity contribution is 5.85. The molecule has 2 atom stereocenters. The monoisotopic (exact) mass is 335 g/mol. The lowest BCUT2D eigenvalue weighted by molar-refractivity contribution is -0.150. The molecule has 0 fully saturated rings. The summed E-state index contributed by atoms with van der Waals surface area (Å²) < 4.78 is 28.4. The SMILES string of the molecule is CCOC(=O)C(F)[C@H](N)c1ccc(OC(C)=O)c(OC)c1.Cl. The normalized spacial score (nSPS) is 12.6. The summed E-state index contributed by atoms with van der Waals surface area (Å²) in [5.41, 5.74) is 6.03. The Hall–Kier alpha value is -1.86. The number of hydrogen-bond donors (Lipinski definition) is 1. The van der Waals surface area contributed by atoms with Gasteiger partial charge in [-0.25, -0.2) is 9.18 Å². The lowest BCUT2D eigenvalue weighted by Gasteiger charge is -2.17. The molecular weight excluding hydrogens is 317 g/mol. The first-order valence-electron chi connectivity index (χ1n) is 6.33. The smallest absolute Gasteiger partial charge is 0.342 e. The first-order chi connectivity index (χ1) is 9.90. The van der Waals surface area contributed by atoms with Crippen molar-refractivity contribution in [2.45, 2.75) is 26.1 Å².